The lowest BCUT2D eigenvalue weighted by atomic mass is 10.1. The van der Waals surface area contributed by atoms with Crippen LogP contribution in [-0.4, -0.2) is 35.8 Å². The van der Waals surface area contributed by atoms with Crippen LogP contribution in [0.4, 0.5) is 5.69 Å². The Morgan fingerprint density at radius 3 is 2.38 bits per heavy atom. The highest BCUT2D eigenvalue weighted by Gasteiger charge is 2.38. The first kappa shape index (κ1) is 17.4. The van der Waals surface area contributed by atoms with E-state index in [1.165, 1.54) is 36.4 Å². The van der Waals surface area contributed by atoms with Gasteiger partial charge in [-0.15, -0.1) is 0 Å². The van der Waals surface area contributed by atoms with Gasteiger partial charge < -0.3 is 9.84 Å². The van der Waals surface area contributed by atoms with E-state index >= 15 is 0 Å². The van der Waals surface area contributed by atoms with E-state index in [0.29, 0.717) is 4.31 Å². The minimum atomic E-state index is -4.03. The summed E-state index contributed by atoms with van der Waals surface area (Å²) in [4.78, 5) is 22.3. The SMILES string of the molecule is CN1C(C(=O)Oc2ccc([N+](=O)[O-])cc2)=C(O)c2ccccc2S1(=O)=O. The van der Waals surface area contributed by atoms with E-state index in [2.05, 4.69) is 0 Å². The van der Waals surface area contributed by atoms with Gasteiger partial charge in [0.1, 0.15) is 5.75 Å². The lowest BCUT2D eigenvalue weighted by Gasteiger charge is -2.27. The Kier molecular flexibility index (Phi) is 4.12. The number of ether oxygens (including phenoxy) is 1. The number of nitrogens with zero attached hydrogens (tertiary/aromatic N) is 2. The number of carbonyl (C=O) groups excluding carboxylic acids is 1. The lowest BCUT2D eigenvalue weighted by molar-refractivity contribution is -0.384. The third kappa shape index (κ3) is 2.75. The molecule has 2 aromatic rings. The Balaban J connectivity index is 1.99. The van der Waals surface area contributed by atoms with Crippen molar-refractivity contribution < 1.29 is 28.0 Å². The summed E-state index contributed by atoms with van der Waals surface area (Å²) in [6, 6.07) is 10.4. The maximum absolute atomic E-state index is 12.5. The third-order valence-corrected chi connectivity index (χ3v) is 5.59. The first-order valence-corrected chi connectivity index (χ1v) is 8.65. The number of nitro groups is 1. The number of rotatable bonds is 3. The molecule has 0 radical (unpaired) electrons. The van der Waals surface area contributed by atoms with Crippen molar-refractivity contribution in [2.24, 2.45) is 0 Å². The third-order valence-electron chi connectivity index (χ3n) is 3.77. The zero-order valence-electron chi connectivity index (χ0n) is 13.3. The van der Waals surface area contributed by atoms with Crippen molar-refractivity contribution in [3.8, 4) is 5.75 Å². The molecule has 134 valence electrons. The van der Waals surface area contributed by atoms with Crippen molar-refractivity contribution in [2.45, 2.75) is 4.90 Å². The van der Waals surface area contributed by atoms with E-state index in [1.54, 1.807) is 0 Å². The molecule has 0 fully saturated rings. The van der Waals surface area contributed by atoms with E-state index in [0.717, 1.165) is 19.2 Å². The van der Waals surface area contributed by atoms with Crippen molar-refractivity contribution in [3.63, 3.8) is 0 Å². The summed E-state index contributed by atoms with van der Waals surface area (Å²) in [7, 11) is -2.91. The van der Waals surface area contributed by atoms with E-state index in [4.69, 9.17) is 4.74 Å². The molecule has 1 aliphatic heterocycles. The van der Waals surface area contributed by atoms with Gasteiger partial charge in [-0.3, -0.25) is 14.4 Å². The summed E-state index contributed by atoms with van der Waals surface area (Å²) in [5.74, 6) is -1.69. The average molecular weight is 376 g/mol. The highest BCUT2D eigenvalue weighted by Crippen LogP contribution is 2.35. The monoisotopic (exact) mass is 376 g/mol. The second-order valence-corrected chi connectivity index (χ2v) is 7.24. The Morgan fingerprint density at radius 2 is 1.77 bits per heavy atom. The number of aliphatic hydroxyl groups is 1. The van der Waals surface area contributed by atoms with Gasteiger partial charge in [0.05, 0.1) is 9.82 Å². The van der Waals surface area contributed by atoms with E-state index in [9.17, 15) is 28.4 Å². The standard InChI is InChI=1S/C16H12N2O7S/c1-17-14(15(19)12-4-2-3-5-13(12)26(17,23)24)16(20)25-11-8-6-10(7-9-11)18(21)22/h2-9,19H,1H3. The van der Waals surface area contributed by atoms with Gasteiger partial charge in [0, 0.05) is 24.7 Å². The van der Waals surface area contributed by atoms with Crippen LogP contribution in [-0.2, 0) is 14.8 Å². The van der Waals surface area contributed by atoms with Gasteiger partial charge in [-0.05, 0) is 24.3 Å². The number of aliphatic hydroxyl groups excluding tert-OH is 1. The van der Waals surface area contributed by atoms with Crippen LogP contribution in [0.15, 0.2) is 59.1 Å². The van der Waals surface area contributed by atoms with Crippen LogP contribution < -0.4 is 4.74 Å². The molecule has 0 aromatic heterocycles. The molecular formula is C16H12N2O7S. The molecule has 1 N–H and O–H groups in total. The van der Waals surface area contributed by atoms with Crippen molar-refractivity contribution in [1.82, 2.24) is 4.31 Å². The zero-order valence-corrected chi connectivity index (χ0v) is 14.1. The average Bonchev–Trinajstić information content (AvgIpc) is 2.61. The number of sulfonamides is 1. The summed E-state index contributed by atoms with van der Waals surface area (Å²) in [5.41, 5.74) is -0.763. The number of hydrogen-bond donors (Lipinski definition) is 1. The fourth-order valence-corrected chi connectivity index (χ4v) is 3.84. The summed E-state index contributed by atoms with van der Waals surface area (Å²) in [6.07, 6.45) is 0. The summed E-state index contributed by atoms with van der Waals surface area (Å²) < 4.78 is 30.8. The molecule has 0 unspecified atom stereocenters. The molecular weight excluding hydrogens is 364 g/mol. The molecule has 0 saturated carbocycles. The molecule has 26 heavy (non-hydrogen) atoms. The molecule has 10 heteroatoms. The van der Waals surface area contributed by atoms with E-state index < -0.39 is 32.4 Å². The normalized spacial score (nSPS) is 15.3. The van der Waals surface area contributed by atoms with E-state index in [1.807, 2.05) is 0 Å². The highest BCUT2D eigenvalue weighted by molar-refractivity contribution is 7.89. The van der Waals surface area contributed by atoms with Gasteiger partial charge in [0.15, 0.2) is 11.5 Å². The van der Waals surface area contributed by atoms with Crippen LogP contribution in [0.3, 0.4) is 0 Å². The number of likely N-dealkylation sites (N-methyl/N-ethyl adjacent to an activating group) is 1. The number of nitro benzene ring substituents is 1. The number of non-ortho nitro benzene ring substituents is 1. The van der Waals surface area contributed by atoms with Gasteiger partial charge in [-0.1, -0.05) is 12.1 Å². The Hall–Kier alpha value is -3.40. The molecule has 0 saturated heterocycles. The van der Waals surface area contributed by atoms with Crippen LogP contribution in [0.25, 0.3) is 5.76 Å². The summed E-state index contributed by atoms with van der Waals surface area (Å²) in [6.45, 7) is 0. The number of fused-ring (bicyclic) bond motifs is 1. The van der Waals surface area contributed by atoms with Gasteiger partial charge in [-0.25, -0.2) is 13.2 Å². The number of benzene rings is 2. The van der Waals surface area contributed by atoms with Crippen LogP contribution >= 0.6 is 0 Å². The van der Waals surface area contributed by atoms with Crippen LogP contribution in [0, 0.1) is 10.1 Å². The maximum atomic E-state index is 12.5. The largest absolute Gasteiger partial charge is 0.505 e. The lowest BCUT2D eigenvalue weighted by Crippen LogP contribution is -2.36. The van der Waals surface area contributed by atoms with Crippen LogP contribution in [0.2, 0.25) is 0 Å². The van der Waals surface area contributed by atoms with Gasteiger partial charge >= 0.3 is 5.97 Å². The van der Waals surface area contributed by atoms with Crippen LogP contribution in [0.5, 0.6) is 5.75 Å². The molecule has 0 spiro atoms. The fraction of sp³-hybridized carbons (Fsp3) is 0.0625. The minimum absolute atomic E-state index is 0.0127. The Labute approximate surface area is 147 Å². The topological polar surface area (TPSA) is 127 Å². The Bertz CT molecular complexity index is 1040. The molecule has 0 aliphatic carbocycles. The molecule has 0 amide bonds. The second-order valence-electron chi connectivity index (χ2n) is 5.31. The van der Waals surface area contributed by atoms with Gasteiger partial charge in [0.25, 0.3) is 15.7 Å². The molecule has 9 nitrogen and oxygen atoms in total. The van der Waals surface area contributed by atoms with Crippen LogP contribution in [0.1, 0.15) is 5.56 Å². The predicted molar refractivity (Wildman–Crippen MR) is 89.7 cm³/mol. The summed E-state index contributed by atoms with van der Waals surface area (Å²) >= 11 is 0. The number of carbonyl (C=O) groups is 1. The molecule has 3 rings (SSSR count). The fourth-order valence-electron chi connectivity index (χ4n) is 2.45. The smallest absolute Gasteiger partial charge is 0.364 e. The number of hydrogen-bond acceptors (Lipinski definition) is 7. The second kappa shape index (κ2) is 6.15. The van der Waals surface area contributed by atoms with Gasteiger partial charge in [0.2, 0.25) is 0 Å². The zero-order chi connectivity index (χ0) is 19.1. The number of esters is 1. The molecule has 1 heterocycles. The van der Waals surface area contributed by atoms with E-state index in [-0.39, 0.29) is 21.9 Å². The Morgan fingerprint density at radius 1 is 1.15 bits per heavy atom. The molecule has 1 aliphatic rings. The first-order chi connectivity index (χ1) is 12.2. The minimum Gasteiger partial charge on any atom is -0.505 e. The first-order valence-electron chi connectivity index (χ1n) is 7.21. The highest BCUT2D eigenvalue weighted by atomic mass is 32.2. The molecule has 2 aromatic carbocycles. The maximum Gasteiger partial charge on any atom is 0.364 e. The quantitative estimate of drug-likeness (QED) is 0.376. The van der Waals surface area contributed by atoms with Crippen molar-refractivity contribution in [2.75, 3.05) is 7.05 Å². The summed E-state index contributed by atoms with van der Waals surface area (Å²) in [5, 5.41) is 21.0. The predicted octanol–water partition coefficient (Wildman–Crippen LogP) is 2.06. The molecule has 0 atom stereocenters. The molecule has 0 bridgehead atoms. The van der Waals surface area contributed by atoms with Crippen molar-refractivity contribution in [1.29, 1.82) is 0 Å². The van der Waals surface area contributed by atoms with Gasteiger partial charge in [-0.2, -0.15) is 0 Å². The van der Waals surface area contributed by atoms with Crippen molar-refractivity contribution in [3.05, 3.63) is 69.9 Å². The van der Waals surface area contributed by atoms with Crippen molar-refractivity contribution >= 4 is 27.4 Å².